The number of rotatable bonds is 7. The van der Waals surface area contributed by atoms with Gasteiger partial charge in [0.15, 0.2) is 0 Å². The van der Waals surface area contributed by atoms with Crippen LogP contribution in [0, 0.1) is 12.3 Å². The molecule has 1 aliphatic carbocycles. The minimum absolute atomic E-state index is 0.0267. The zero-order valence-electron chi connectivity index (χ0n) is 18.5. The second-order valence-electron chi connectivity index (χ2n) is 7.96. The number of hydrogen-bond acceptors (Lipinski definition) is 3. The molecule has 4 nitrogen and oxygen atoms in total. The van der Waals surface area contributed by atoms with Crippen LogP contribution in [0.15, 0.2) is 24.3 Å². The Balaban J connectivity index is 0.000000362. The Kier molecular flexibility index (Phi) is 10.9. The average molecular weight is 390 g/mol. The number of benzene rings is 1. The highest BCUT2D eigenvalue weighted by atomic mass is 16.6. The van der Waals surface area contributed by atoms with Crippen molar-refractivity contribution in [3.63, 3.8) is 0 Å². The summed E-state index contributed by atoms with van der Waals surface area (Å²) in [4.78, 5) is 23.4. The highest BCUT2D eigenvalue weighted by Gasteiger charge is 2.39. The van der Waals surface area contributed by atoms with E-state index in [0.29, 0.717) is 12.3 Å². The lowest BCUT2D eigenvalue weighted by Gasteiger charge is -2.37. The van der Waals surface area contributed by atoms with Crippen molar-refractivity contribution in [3.8, 4) is 0 Å². The molecule has 0 heterocycles. The van der Waals surface area contributed by atoms with Gasteiger partial charge in [-0.25, -0.2) is 4.79 Å². The van der Waals surface area contributed by atoms with E-state index in [1.165, 1.54) is 11.1 Å². The van der Waals surface area contributed by atoms with Crippen molar-refractivity contribution >= 4 is 11.9 Å². The van der Waals surface area contributed by atoms with Crippen LogP contribution in [0.2, 0.25) is 0 Å². The Morgan fingerprint density at radius 2 is 1.68 bits per heavy atom. The summed E-state index contributed by atoms with van der Waals surface area (Å²) in [6, 6.07) is 8.66. The number of carbonyl (C=O) groups excluding carboxylic acids is 2. The van der Waals surface area contributed by atoms with Gasteiger partial charge in [0.1, 0.15) is 11.9 Å². The van der Waals surface area contributed by atoms with Gasteiger partial charge in [-0.1, -0.05) is 57.0 Å². The Morgan fingerprint density at radius 3 is 2.14 bits per heavy atom. The third kappa shape index (κ3) is 8.04. The zero-order chi connectivity index (χ0) is 21.0. The molecule has 1 aliphatic rings. The number of alkyl carbamates (subject to hydrolysis) is 1. The van der Waals surface area contributed by atoms with Crippen LogP contribution in [0.5, 0.6) is 0 Å². The van der Waals surface area contributed by atoms with Gasteiger partial charge in [-0.3, -0.25) is 4.79 Å². The molecule has 0 bridgehead atoms. The minimum atomic E-state index is -0.322. The van der Waals surface area contributed by atoms with Gasteiger partial charge in [-0.15, -0.1) is 0 Å². The first-order valence-corrected chi connectivity index (χ1v) is 10.9. The summed E-state index contributed by atoms with van der Waals surface area (Å²) in [7, 11) is 0. The molecule has 0 aromatic heterocycles. The summed E-state index contributed by atoms with van der Waals surface area (Å²) in [6.07, 6.45) is 6.99. The largest absolute Gasteiger partial charge is 0.446 e. The van der Waals surface area contributed by atoms with Crippen LogP contribution in [-0.4, -0.2) is 24.5 Å². The molecule has 2 rings (SSSR count). The fourth-order valence-corrected chi connectivity index (χ4v) is 3.76. The van der Waals surface area contributed by atoms with E-state index in [1.807, 2.05) is 6.92 Å². The normalized spacial score (nSPS) is 21.2. The molecule has 0 aliphatic heterocycles. The number of ether oxygens (including phenoxy) is 1. The van der Waals surface area contributed by atoms with Gasteiger partial charge in [0, 0.05) is 12.0 Å². The third-order valence-electron chi connectivity index (χ3n) is 5.69. The van der Waals surface area contributed by atoms with Crippen molar-refractivity contribution in [1.29, 1.82) is 0 Å². The Bertz CT molecular complexity index is 586. The predicted octanol–water partition coefficient (Wildman–Crippen LogP) is 6.00. The van der Waals surface area contributed by atoms with Crippen LogP contribution in [0.3, 0.4) is 0 Å². The molecule has 1 saturated carbocycles. The fourth-order valence-electron chi connectivity index (χ4n) is 3.76. The quantitative estimate of drug-likeness (QED) is 0.622. The minimum Gasteiger partial charge on any atom is -0.446 e. The standard InChI is InChI=1S/C15H27NO3.C9H12/c1-4-8-15(12(3)17)9-6-13(7-10-15)19-14(18)16-11-5-2;1-3-9-6-4-8(2)5-7-9/h13H,4-11H2,1-3H3,(H,16,18);4-7H,3H2,1-2H3. The van der Waals surface area contributed by atoms with E-state index in [0.717, 1.165) is 51.4 Å². The zero-order valence-corrected chi connectivity index (χ0v) is 18.5. The molecule has 0 radical (unpaired) electrons. The lowest BCUT2D eigenvalue weighted by atomic mass is 9.68. The number of hydrogen-bond donors (Lipinski definition) is 1. The van der Waals surface area contributed by atoms with Crippen LogP contribution < -0.4 is 5.32 Å². The molecule has 0 unspecified atom stereocenters. The third-order valence-corrected chi connectivity index (χ3v) is 5.69. The van der Waals surface area contributed by atoms with E-state index in [-0.39, 0.29) is 17.6 Å². The fraction of sp³-hybridized carbons (Fsp3) is 0.667. The van der Waals surface area contributed by atoms with E-state index in [9.17, 15) is 9.59 Å². The molecule has 1 aromatic carbocycles. The molecule has 0 atom stereocenters. The number of carbonyl (C=O) groups is 2. The maximum Gasteiger partial charge on any atom is 0.407 e. The van der Waals surface area contributed by atoms with Gasteiger partial charge >= 0.3 is 6.09 Å². The van der Waals surface area contributed by atoms with E-state index in [2.05, 4.69) is 50.4 Å². The molecule has 1 fully saturated rings. The van der Waals surface area contributed by atoms with Gasteiger partial charge in [0.25, 0.3) is 0 Å². The second kappa shape index (κ2) is 12.6. The van der Waals surface area contributed by atoms with Crippen molar-refractivity contribution in [2.75, 3.05) is 6.54 Å². The average Bonchev–Trinajstić information content (AvgIpc) is 2.69. The summed E-state index contributed by atoms with van der Waals surface area (Å²) >= 11 is 0. The van der Waals surface area contributed by atoms with Crippen molar-refractivity contribution < 1.29 is 14.3 Å². The first kappa shape index (κ1) is 24.2. The lowest BCUT2D eigenvalue weighted by molar-refractivity contribution is -0.130. The summed E-state index contributed by atoms with van der Waals surface area (Å²) in [5.41, 5.74) is 2.60. The topological polar surface area (TPSA) is 55.4 Å². The first-order chi connectivity index (χ1) is 13.4. The van der Waals surface area contributed by atoms with E-state index in [4.69, 9.17) is 4.74 Å². The number of ketones is 1. The van der Waals surface area contributed by atoms with Gasteiger partial charge in [0.2, 0.25) is 0 Å². The number of amides is 1. The number of aryl methyl sites for hydroxylation is 2. The SMILES string of the molecule is CCCNC(=O)OC1CCC(CCC)(C(C)=O)CC1.CCc1ccc(C)cc1. The first-order valence-electron chi connectivity index (χ1n) is 10.9. The van der Waals surface area contributed by atoms with Crippen molar-refractivity contribution in [1.82, 2.24) is 5.32 Å². The molecule has 1 N–H and O–H groups in total. The monoisotopic (exact) mass is 389 g/mol. The van der Waals surface area contributed by atoms with Crippen LogP contribution in [-0.2, 0) is 16.0 Å². The van der Waals surface area contributed by atoms with E-state index >= 15 is 0 Å². The van der Waals surface area contributed by atoms with Gasteiger partial charge in [0.05, 0.1) is 0 Å². The Labute approximate surface area is 171 Å². The van der Waals surface area contributed by atoms with Gasteiger partial charge in [-0.05, 0) is 64.4 Å². The van der Waals surface area contributed by atoms with Crippen molar-refractivity contribution in [2.45, 2.75) is 92.1 Å². The number of Topliss-reactive ketones (excluding diaryl/α,β-unsaturated/α-hetero) is 1. The Morgan fingerprint density at radius 1 is 1.07 bits per heavy atom. The molecule has 4 heteroatoms. The van der Waals surface area contributed by atoms with Crippen molar-refractivity contribution in [2.24, 2.45) is 5.41 Å². The molecule has 0 spiro atoms. The smallest absolute Gasteiger partial charge is 0.407 e. The predicted molar refractivity (Wildman–Crippen MR) is 116 cm³/mol. The summed E-state index contributed by atoms with van der Waals surface area (Å²) < 4.78 is 5.38. The summed E-state index contributed by atoms with van der Waals surface area (Å²) in [5.74, 6) is 0.295. The summed E-state index contributed by atoms with van der Waals surface area (Å²) in [6.45, 7) is 10.8. The van der Waals surface area contributed by atoms with Crippen LogP contribution in [0.25, 0.3) is 0 Å². The van der Waals surface area contributed by atoms with Gasteiger partial charge in [-0.2, -0.15) is 0 Å². The van der Waals surface area contributed by atoms with E-state index in [1.54, 1.807) is 6.92 Å². The Hall–Kier alpha value is -1.84. The van der Waals surface area contributed by atoms with Crippen LogP contribution in [0.4, 0.5) is 4.79 Å². The maximum absolute atomic E-state index is 11.9. The van der Waals surface area contributed by atoms with Gasteiger partial charge < -0.3 is 10.1 Å². The molecule has 1 aromatic rings. The lowest BCUT2D eigenvalue weighted by Crippen LogP contribution is -2.38. The highest BCUT2D eigenvalue weighted by molar-refractivity contribution is 5.82. The van der Waals surface area contributed by atoms with Crippen LogP contribution in [0.1, 0.15) is 83.8 Å². The van der Waals surface area contributed by atoms with E-state index < -0.39 is 0 Å². The second-order valence-corrected chi connectivity index (χ2v) is 7.96. The maximum atomic E-state index is 11.9. The van der Waals surface area contributed by atoms with Crippen LogP contribution >= 0.6 is 0 Å². The highest BCUT2D eigenvalue weighted by Crippen LogP contribution is 2.41. The summed E-state index contributed by atoms with van der Waals surface area (Å²) in [5, 5.41) is 2.72. The van der Waals surface area contributed by atoms with Crippen molar-refractivity contribution in [3.05, 3.63) is 35.4 Å². The molecule has 158 valence electrons. The molecule has 1 amide bonds. The molecule has 0 saturated heterocycles. The molecular weight excluding hydrogens is 350 g/mol. The molecule has 28 heavy (non-hydrogen) atoms. The molecular formula is C24H39NO3. The number of nitrogens with one attached hydrogen (secondary N) is 1.